The number of phenolic OH excluding ortho intramolecular Hbond substituents is 1. The lowest BCUT2D eigenvalue weighted by molar-refractivity contribution is 0.426. The van der Waals surface area contributed by atoms with Gasteiger partial charge in [-0.2, -0.15) is 0 Å². The fraction of sp³-hybridized carbons (Fsp3) is 0.167. The topological polar surface area (TPSA) is 46.3 Å². The highest BCUT2D eigenvalue weighted by molar-refractivity contribution is 6.30. The minimum absolute atomic E-state index is 0.196. The van der Waals surface area contributed by atoms with Gasteiger partial charge in [0.05, 0.1) is 11.8 Å². The van der Waals surface area contributed by atoms with Gasteiger partial charge in [0.15, 0.2) is 5.76 Å². The summed E-state index contributed by atoms with van der Waals surface area (Å²) < 4.78 is 5.41. The van der Waals surface area contributed by atoms with E-state index in [1.165, 1.54) is 5.56 Å². The van der Waals surface area contributed by atoms with Crippen LogP contribution in [-0.4, -0.2) is 10.3 Å². The third-order valence-electron chi connectivity index (χ3n) is 3.81. The molecule has 3 aromatic rings. The molecule has 0 radical (unpaired) electrons. The summed E-state index contributed by atoms with van der Waals surface area (Å²) in [6, 6.07) is 11.2. The molecule has 0 saturated carbocycles. The van der Waals surface area contributed by atoms with Crippen LogP contribution in [0.3, 0.4) is 0 Å². The summed E-state index contributed by atoms with van der Waals surface area (Å²) in [5.74, 6) is 0.760. The van der Waals surface area contributed by atoms with Crippen molar-refractivity contribution >= 4 is 11.6 Å². The van der Waals surface area contributed by atoms with Crippen LogP contribution in [0.2, 0.25) is 5.02 Å². The van der Waals surface area contributed by atoms with Crippen LogP contribution in [0.25, 0.3) is 22.5 Å². The zero-order chi connectivity index (χ0) is 15.7. The van der Waals surface area contributed by atoms with Gasteiger partial charge in [0.1, 0.15) is 5.75 Å². The largest absolute Gasteiger partial charge is 0.507 e. The van der Waals surface area contributed by atoms with E-state index in [2.05, 4.69) is 12.1 Å². The Bertz CT molecular complexity index is 806. The first-order chi connectivity index (χ1) is 10.6. The predicted molar refractivity (Wildman–Crippen MR) is 88.2 cm³/mol. The Kier molecular flexibility index (Phi) is 3.90. The number of aromatic hydroxyl groups is 1. The van der Waals surface area contributed by atoms with Gasteiger partial charge in [-0.05, 0) is 54.3 Å². The fourth-order valence-electron chi connectivity index (χ4n) is 2.57. The SMILES string of the molecule is CCc1cc(-c2oncc2-c2ccc(Cl)cc2)c(O)cc1C. The number of benzene rings is 2. The van der Waals surface area contributed by atoms with Gasteiger partial charge < -0.3 is 9.63 Å². The third kappa shape index (κ3) is 2.60. The molecule has 3 nitrogen and oxygen atoms in total. The van der Waals surface area contributed by atoms with Crippen molar-refractivity contribution in [3.05, 3.63) is 58.7 Å². The molecule has 1 aromatic heterocycles. The first kappa shape index (κ1) is 14.7. The molecule has 4 heteroatoms. The second-order valence-corrected chi connectivity index (χ2v) is 5.66. The summed E-state index contributed by atoms with van der Waals surface area (Å²) >= 11 is 5.93. The maximum atomic E-state index is 10.3. The molecule has 1 heterocycles. The van der Waals surface area contributed by atoms with Crippen LogP contribution in [0.4, 0.5) is 0 Å². The van der Waals surface area contributed by atoms with Crippen LogP contribution in [0, 0.1) is 6.92 Å². The molecule has 0 aliphatic rings. The molecule has 0 aliphatic heterocycles. The molecule has 1 N–H and O–H groups in total. The van der Waals surface area contributed by atoms with Gasteiger partial charge in [-0.1, -0.05) is 35.8 Å². The molecule has 3 rings (SSSR count). The Hall–Kier alpha value is -2.26. The Morgan fingerprint density at radius 1 is 1.14 bits per heavy atom. The van der Waals surface area contributed by atoms with Crippen molar-refractivity contribution in [3.8, 4) is 28.2 Å². The van der Waals surface area contributed by atoms with E-state index in [9.17, 15) is 5.11 Å². The van der Waals surface area contributed by atoms with E-state index < -0.39 is 0 Å². The van der Waals surface area contributed by atoms with Gasteiger partial charge >= 0.3 is 0 Å². The molecule has 0 bridgehead atoms. The number of halogens is 1. The second kappa shape index (κ2) is 5.85. The second-order valence-electron chi connectivity index (χ2n) is 5.22. The molecule has 0 spiro atoms. The molecule has 0 fully saturated rings. The molecule has 0 unspecified atom stereocenters. The normalized spacial score (nSPS) is 10.9. The zero-order valence-electron chi connectivity index (χ0n) is 12.4. The lowest BCUT2D eigenvalue weighted by Gasteiger charge is -2.09. The van der Waals surface area contributed by atoms with Gasteiger partial charge in [-0.25, -0.2) is 0 Å². The average molecular weight is 314 g/mol. The maximum Gasteiger partial charge on any atom is 0.178 e. The summed E-state index contributed by atoms with van der Waals surface area (Å²) in [6.45, 7) is 4.08. The van der Waals surface area contributed by atoms with Gasteiger partial charge in [-0.3, -0.25) is 0 Å². The van der Waals surface area contributed by atoms with Crippen LogP contribution in [0.5, 0.6) is 5.75 Å². The Morgan fingerprint density at radius 3 is 2.55 bits per heavy atom. The Balaban J connectivity index is 2.15. The summed E-state index contributed by atoms with van der Waals surface area (Å²) in [6.07, 6.45) is 2.55. The highest BCUT2D eigenvalue weighted by Gasteiger charge is 2.17. The van der Waals surface area contributed by atoms with Crippen LogP contribution >= 0.6 is 11.6 Å². The Labute approximate surface area is 134 Å². The number of hydrogen-bond donors (Lipinski definition) is 1. The van der Waals surface area contributed by atoms with Crippen molar-refractivity contribution in [2.24, 2.45) is 0 Å². The number of aryl methyl sites for hydroxylation is 2. The molecular weight excluding hydrogens is 298 g/mol. The van der Waals surface area contributed by atoms with E-state index in [-0.39, 0.29) is 5.75 Å². The van der Waals surface area contributed by atoms with Crippen molar-refractivity contribution in [3.63, 3.8) is 0 Å². The van der Waals surface area contributed by atoms with Crippen molar-refractivity contribution in [2.75, 3.05) is 0 Å². The number of nitrogens with zero attached hydrogens (tertiary/aromatic N) is 1. The minimum atomic E-state index is 0.196. The van der Waals surface area contributed by atoms with E-state index in [4.69, 9.17) is 16.1 Å². The van der Waals surface area contributed by atoms with Crippen LogP contribution in [0.1, 0.15) is 18.1 Å². The van der Waals surface area contributed by atoms with Crippen LogP contribution in [-0.2, 0) is 6.42 Å². The van der Waals surface area contributed by atoms with Gasteiger partial charge in [0.25, 0.3) is 0 Å². The highest BCUT2D eigenvalue weighted by Crippen LogP contribution is 2.38. The molecule has 2 aromatic carbocycles. The van der Waals surface area contributed by atoms with E-state index in [1.807, 2.05) is 37.3 Å². The van der Waals surface area contributed by atoms with E-state index >= 15 is 0 Å². The van der Waals surface area contributed by atoms with Gasteiger partial charge in [-0.15, -0.1) is 0 Å². The number of hydrogen-bond acceptors (Lipinski definition) is 3. The summed E-state index contributed by atoms with van der Waals surface area (Å²) in [5.41, 5.74) is 4.67. The van der Waals surface area contributed by atoms with Crippen LogP contribution < -0.4 is 0 Å². The summed E-state index contributed by atoms with van der Waals surface area (Å²) in [7, 11) is 0. The van der Waals surface area contributed by atoms with Crippen molar-refractivity contribution in [1.82, 2.24) is 5.16 Å². The van der Waals surface area contributed by atoms with Crippen LogP contribution in [0.15, 0.2) is 47.1 Å². The maximum absolute atomic E-state index is 10.3. The number of rotatable bonds is 3. The average Bonchev–Trinajstić information content (AvgIpc) is 2.97. The molecule has 22 heavy (non-hydrogen) atoms. The minimum Gasteiger partial charge on any atom is -0.507 e. The molecule has 0 saturated heterocycles. The predicted octanol–water partition coefficient (Wildman–Crippen LogP) is 5.24. The summed E-state index contributed by atoms with van der Waals surface area (Å²) in [4.78, 5) is 0. The quantitative estimate of drug-likeness (QED) is 0.719. The van der Waals surface area contributed by atoms with Gasteiger partial charge in [0, 0.05) is 10.6 Å². The lowest BCUT2D eigenvalue weighted by Crippen LogP contribution is -1.89. The first-order valence-electron chi connectivity index (χ1n) is 7.13. The number of aromatic nitrogens is 1. The summed E-state index contributed by atoms with van der Waals surface area (Å²) in [5, 5.41) is 14.9. The molecule has 0 amide bonds. The van der Waals surface area contributed by atoms with Gasteiger partial charge in [0.2, 0.25) is 0 Å². The molecule has 112 valence electrons. The highest BCUT2D eigenvalue weighted by atomic mass is 35.5. The smallest absolute Gasteiger partial charge is 0.178 e. The fourth-order valence-corrected chi connectivity index (χ4v) is 2.70. The third-order valence-corrected chi connectivity index (χ3v) is 4.06. The Morgan fingerprint density at radius 2 is 1.86 bits per heavy atom. The number of phenols is 1. The lowest BCUT2D eigenvalue weighted by atomic mass is 9.97. The molecule has 0 atom stereocenters. The first-order valence-corrected chi connectivity index (χ1v) is 7.51. The van der Waals surface area contributed by atoms with E-state index in [1.54, 1.807) is 12.3 Å². The standard InChI is InChI=1S/C18H16ClNO2/c1-3-12-9-15(17(21)8-11(12)2)18-16(10-20-22-18)13-4-6-14(19)7-5-13/h4-10,21H,3H2,1-2H3. The molecule has 0 aliphatic carbocycles. The van der Waals surface area contributed by atoms with E-state index in [0.717, 1.165) is 23.1 Å². The van der Waals surface area contributed by atoms with E-state index in [0.29, 0.717) is 16.3 Å². The zero-order valence-corrected chi connectivity index (χ0v) is 13.2. The monoisotopic (exact) mass is 313 g/mol. The van der Waals surface area contributed by atoms with Crippen molar-refractivity contribution in [1.29, 1.82) is 0 Å². The van der Waals surface area contributed by atoms with Crippen molar-refractivity contribution < 1.29 is 9.63 Å². The van der Waals surface area contributed by atoms with Crippen molar-refractivity contribution in [2.45, 2.75) is 20.3 Å². The molecular formula is C18H16ClNO2.